The maximum atomic E-state index is 11.5. The number of nitrogens with zero attached hydrogens (tertiary/aromatic N) is 2. The van der Waals surface area contributed by atoms with Crippen molar-refractivity contribution in [1.82, 2.24) is 4.98 Å². The number of anilines is 1. The Labute approximate surface area is 222 Å². The van der Waals surface area contributed by atoms with Gasteiger partial charge in [-0.3, -0.25) is 4.72 Å². The van der Waals surface area contributed by atoms with Crippen LogP contribution in [0.3, 0.4) is 0 Å². The SMILES string of the molecule is CC(C)(c1ccc(OCc2scnc2NS(C)(=O)=O)cc1)c1cc(Cl)c(OCCI)c(C#N)c1. The zero-order valence-corrected chi connectivity index (χ0v) is 23.3. The first-order valence-corrected chi connectivity index (χ1v) is 14.8. The van der Waals surface area contributed by atoms with Crippen LogP contribution in [0.1, 0.15) is 35.4 Å². The molecule has 0 unspecified atom stereocenters. The van der Waals surface area contributed by atoms with Crippen molar-refractivity contribution in [3.05, 3.63) is 68.5 Å². The van der Waals surface area contributed by atoms with Crippen LogP contribution in [0, 0.1) is 11.3 Å². The summed E-state index contributed by atoms with van der Waals surface area (Å²) in [5, 5.41) is 10.0. The topological polar surface area (TPSA) is 101 Å². The molecule has 1 aromatic heterocycles. The lowest BCUT2D eigenvalue weighted by molar-refractivity contribution is 0.310. The lowest BCUT2D eigenvalue weighted by atomic mass is 9.77. The standard InChI is InChI=1S/C23H23ClIN3O4S2/c1-23(2,17-10-15(12-26)21(19(24)11-17)31-9-8-25)16-4-6-18(7-5-16)32-13-20-22(27-14-33-20)28-34(3,29)30/h4-7,10-11,14,28H,8-9,13H2,1-3H3. The molecule has 0 spiro atoms. The van der Waals surface area contributed by atoms with Crippen LogP contribution in [0.5, 0.6) is 11.5 Å². The van der Waals surface area contributed by atoms with Gasteiger partial charge in [0.05, 0.1) is 33.8 Å². The summed E-state index contributed by atoms with van der Waals surface area (Å²) in [6, 6.07) is 13.5. The molecule has 0 bridgehead atoms. The van der Waals surface area contributed by atoms with Gasteiger partial charge in [0.1, 0.15) is 18.4 Å². The van der Waals surface area contributed by atoms with E-state index in [4.69, 9.17) is 21.1 Å². The number of aromatic nitrogens is 1. The Morgan fingerprint density at radius 2 is 1.91 bits per heavy atom. The first-order chi connectivity index (χ1) is 16.0. The number of nitriles is 1. The number of rotatable bonds is 10. The number of hydrogen-bond acceptors (Lipinski definition) is 7. The zero-order chi connectivity index (χ0) is 24.9. The molecule has 7 nitrogen and oxygen atoms in total. The summed E-state index contributed by atoms with van der Waals surface area (Å²) in [7, 11) is -3.42. The summed E-state index contributed by atoms with van der Waals surface area (Å²) in [6.07, 6.45) is 1.08. The first kappa shape index (κ1) is 26.5. The largest absolute Gasteiger partial charge is 0.490 e. The van der Waals surface area contributed by atoms with Crippen molar-refractivity contribution in [2.75, 3.05) is 22.0 Å². The van der Waals surface area contributed by atoms with Crippen LogP contribution in [0.25, 0.3) is 0 Å². The molecular weight excluding hydrogens is 609 g/mol. The average molecular weight is 632 g/mol. The van der Waals surface area contributed by atoms with Crippen LogP contribution in [-0.4, -0.2) is 30.7 Å². The molecule has 0 saturated heterocycles. The maximum Gasteiger partial charge on any atom is 0.231 e. The molecule has 0 amide bonds. The molecule has 11 heteroatoms. The quantitative estimate of drug-likeness (QED) is 0.226. The highest BCUT2D eigenvalue weighted by molar-refractivity contribution is 14.1. The van der Waals surface area contributed by atoms with Gasteiger partial charge < -0.3 is 9.47 Å². The predicted molar refractivity (Wildman–Crippen MR) is 144 cm³/mol. The lowest BCUT2D eigenvalue weighted by Crippen LogP contribution is -2.19. The summed E-state index contributed by atoms with van der Waals surface area (Å²) in [6.45, 7) is 4.78. The zero-order valence-electron chi connectivity index (χ0n) is 18.8. The van der Waals surface area contributed by atoms with E-state index >= 15 is 0 Å². The fraction of sp³-hybridized carbons (Fsp3) is 0.304. The third kappa shape index (κ3) is 6.53. The van der Waals surface area contributed by atoms with Crippen LogP contribution in [0.15, 0.2) is 41.9 Å². The van der Waals surface area contributed by atoms with Gasteiger partial charge in [-0.1, -0.05) is 60.2 Å². The third-order valence-electron chi connectivity index (χ3n) is 5.08. The molecule has 2 aromatic carbocycles. The second kappa shape index (κ2) is 11.1. The molecular formula is C23H23ClIN3O4S2. The number of ether oxygens (including phenoxy) is 2. The summed E-state index contributed by atoms with van der Waals surface area (Å²) < 4.78 is 37.7. The monoisotopic (exact) mass is 631 g/mol. The lowest BCUT2D eigenvalue weighted by Gasteiger charge is -2.27. The van der Waals surface area contributed by atoms with Gasteiger partial charge in [-0.15, -0.1) is 11.3 Å². The van der Waals surface area contributed by atoms with E-state index < -0.39 is 15.4 Å². The minimum Gasteiger partial charge on any atom is -0.490 e. The molecule has 0 aliphatic carbocycles. The molecule has 0 fully saturated rings. The molecule has 34 heavy (non-hydrogen) atoms. The van der Waals surface area contributed by atoms with Crippen LogP contribution >= 0.6 is 45.5 Å². The second-order valence-corrected chi connectivity index (χ2v) is 12.1. The van der Waals surface area contributed by atoms with Crippen LogP contribution in [-0.2, 0) is 22.0 Å². The van der Waals surface area contributed by atoms with Crippen LogP contribution in [0.4, 0.5) is 5.82 Å². The van der Waals surface area contributed by atoms with E-state index in [0.29, 0.717) is 33.6 Å². The third-order valence-corrected chi connectivity index (χ3v) is 7.17. The molecule has 0 atom stereocenters. The van der Waals surface area contributed by atoms with Crippen molar-refractivity contribution in [2.24, 2.45) is 0 Å². The molecule has 0 saturated carbocycles. The smallest absolute Gasteiger partial charge is 0.231 e. The fourth-order valence-corrected chi connectivity index (χ4v) is 4.95. The van der Waals surface area contributed by atoms with Gasteiger partial charge in [-0.25, -0.2) is 13.4 Å². The van der Waals surface area contributed by atoms with Gasteiger partial charge in [-0.05, 0) is 35.4 Å². The maximum absolute atomic E-state index is 11.5. The van der Waals surface area contributed by atoms with Crippen molar-refractivity contribution in [2.45, 2.75) is 25.9 Å². The Morgan fingerprint density at radius 1 is 1.21 bits per heavy atom. The fourth-order valence-electron chi connectivity index (χ4n) is 3.24. The van der Waals surface area contributed by atoms with Gasteiger partial charge in [0.25, 0.3) is 0 Å². The molecule has 3 aromatic rings. The normalized spacial score (nSPS) is 11.6. The molecule has 0 aliphatic heterocycles. The van der Waals surface area contributed by atoms with Crippen molar-refractivity contribution >= 4 is 61.4 Å². The number of halogens is 2. The van der Waals surface area contributed by atoms with Crippen molar-refractivity contribution in [3.8, 4) is 17.6 Å². The highest BCUT2D eigenvalue weighted by Crippen LogP contribution is 2.38. The minimum absolute atomic E-state index is 0.186. The summed E-state index contributed by atoms with van der Waals surface area (Å²) >= 11 is 9.98. The van der Waals surface area contributed by atoms with E-state index in [2.05, 4.69) is 52.2 Å². The Morgan fingerprint density at radius 3 is 2.53 bits per heavy atom. The molecule has 1 heterocycles. The van der Waals surface area contributed by atoms with E-state index in [1.165, 1.54) is 11.3 Å². The number of hydrogen-bond donors (Lipinski definition) is 1. The van der Waals surface area contributed by atoms with E-state index in [9.17, 15) is 13.7 Å². The molecule has 1 N–H and O–H groups in total. The Kier molecular flexibility index (Phi) is 8.67. The van der Waals surface area contributed by atoms with Crippen molar-refractivity contribution < 1.29 is 17.9 Å². The Hall–Kier alpha value is -2.07. The number of nitrogens with one attached hydrogen (secondary N) is 1. The van der Waals surface area contributed by atoms with Gasteiger partial charge in [0.2, 0.25) is 10.0 Å². The number of benzene rings is 2. The molecule has 180 valence electrons. The van der Waals surface area contributed by atoms with Gasteiger partial charge in [0, 0.05) is 9.84 Å². The van der Waals surface area contributed by atoms with Gasteiger partial charge in [0.15, 0.2) is 11.6 Å². The van der Waals surface area contributed by atoms with Crippen molar-refractivity contribution in [1.29, 1.82) is 5.26 Å². The first-order valence-electron chi connectivity index (χ1n) is 10.1. The summed E-state index contributed by atoms with van der Waals surface area (Å²) in [4.78, 5) is 4.72. The Balaban J connectivity index is 1.77. The molecule has 0 radical (unpaired) electrons. The van der Waals surface area contributed by atoms with Crippen molar-refractivity contribution in [3.63, 3.8) is 0 Å². The van der Waals surface area contributed by atoms with Gasteiger partial charge in [-0.2, -0.15) is 5.26 Å². The van der Waals surface area contributed by atoms with Crippen LogP contribution < -0.4 is 14.2 Å². The number of thiazole rings is 1. The second-order valence-electron chi connectivity index (χ2n) is 7.92. The Bertz CT molecular complexity index is 1300. The highest BCUT2D eigenvalue weighted by Gasteiger charge is 2.26. The van der Waals surface area contributed by atoms with E-state index in [0.717, 1.165) is 21.8 Å². The minimum atomic E-state index is -3.42. The van der Waals surface area contributed by atoms with Gasteiger partial charge >= 0.3 is 0 Å². The summed E-state index contributed by atoms with van der Waals surface area (Å²) in [5.41, 5.74) is 3.45. The van der Waals surface area contributed by atoms with E-state index in [-0.39, 0.29) is 12.4 Å². The summed E-state index contributed by atoms with van der Waals surface area (Å²) in [5.74, 6) is 1.33. The predicted octanol–water partition coefficient (Wildman–Crippen LogP) is 5.76. The van der Waals surface area contributed by atoms with E-state index in [1.54, 1.807) is 5.51 Å². The average Bonchev–Trinajstić information content (AvgIpc) is 3.21. The molecule has 3 rings (SSSR count). The van der Waals surface area contributed by atoms with E-state index in [1.807, 2.05) is 36.4 Å². The highest BCUT2D eigenvalue weighted by atomic mass is 127. The number of sulfonamides is 1. The number of alkyl halides is 1. The van der Waals surface area contributed by atoms with Crippen LogP contribution in [0.2, 0.25) is 5.02 Å². The molecule has 0 aliphatic rings.